The van der Waals surface area contributed by atoms with E-state index in [2.05, 4.69) is 31.1 Å². The molecule has 0 radical (unpaired) electrons. The molecule has 1 aromatic carbocycles. The highest BCUT2D eigenvalue weighted by Crippen LogP contribution is 2.15. The van der Waals surface area contributed by atoms with E-state index in [0.29, 0.717) is 41.3 Å². The molecule has 0 unspecified atom stereocenters. The molecule has 2 heterocycles. The van der Waals surface area contributed by atoms with Crippen LogP contribution in [0.4, 0.5) is 17.5 Å². The number of hydrogen-bond donors (Lipinski definition) is 3. The highest BCUT2D eigenvalue weighted by atomic mass is 35.5. The van der Waals surface area contributed by atoms with Crippen LogP contribution in [-0.4, -0.2) is 40.8 Å². The second kappa shape index (κ2) is 10.2. The van der Waals surface area contributed by atoms with E-state index >= 15 is 0 Å². The Bertz CT molecular complexity index is 917. The molecule has 0 aliphatic carbocycles. The Morgan fingerprint density at radius 2 is 1.69 bits per heavy atom. The number of halogens is 1. The first-order valence-electron chi connectivity index (χ1n) is 9.01. The minimum atomic E-state index is -0.210. The van der Waals surface area contributed by atoms with Gasteiger partial charge in [0.05, 0.1) is 0 Å². The predicted octanol–water partition coefficient (Wildman–Crippen LogP) is 3.18. The molecule has 3 N–H and O–H groups in total. The second-order valence-corrected chi connectivity index (χ2v) is 6.61. The van der Waals surface area contributed by atoms with Crippen molar-refractivity contribution in [3.05, 3.63) is 65.3 Å². The third-order valence-corrected chi connectivity index (χ3v) is 4.02. The molecule has 2 aromatic heterocycles. The van der Waals surface area contributed by atoms with Crippen molar-refractivity contribution in [3.8, 4) is 5.75 Å². The van der Waals surface area contributed by atoms with Gasteiger partial charge in [-0.05, 0) is 55.0 Å². The summed E-state index contributed by atoms with van der Waals surface area (Å²) >= 11 is 5.80. The SMILES string of the molecule is Cc1ccc(Nc2ccc(NCCNC(=O)COc3ccc(Cl)cc3)nn2)nc1. The molecule has 29 heavy (non-hydrogen) atoms. The number of anilines is 3. The van der Waals surface area contributed by atoms with Crippen LogP contribution in [0, 0.1) is 6.92 Å². The van der Waals surface area contributed by atoms with Crippen LogP contribution in [0.3, 0.4) is 0 Å². The van der Waals surface area contributed by atoms with E-state index in [1.807, 2.05) is 19.1 Å². The van der Waals surface area contributed by atoms with Gasteiger partial charge in [-0.15, -0.1) is 10.2 Å². The lowest BCUT2D eigenvalue weighted by Crippen LogP contribution is -2.32. The summed E-state index contributed by atoms with van der Waals surface area (Å²) in [6.07, 6.45) is 1.78. The molecule has 1 amide bonds. The predicted molar refractivity (Wildman–Crippen MR) is 113 cm³/mol. The van der Waals surface area contributed by atoms with Gasteiger partial charge in [0.1, 0.15) is 17.4 Å². The molecule has 9 heteroatoms. The van der Waals surface area contributed by atoms with E-state index in [4.69, 9.17) is 16.3 Å². The number of ether oxygens (including phenoxy) is 1. The maximum atomic E-state index is 11.8. The summed E-state index contributed by atoms with van der Waals surface area (Å²) in [4.78, 5) is 16.1. The van der Waals surface area contributed by atoms with Crippen molar-refractivity contribution in [2.45, 2.75) is 6.92 Å². The molecule has 0 fully saturated rings. The van der Waals surface area contributed by atoms with Gasteiger partial charge < -0.3 is 20.7 Å². The summed E-state index contributed by atoms with van der Waals surface area (Å²) in [5, 5.41) is 17.7. The molecule has 0 saturated carbocycles. The fourth-order valence-electron chi connectivity index (χ4n) is 2.29. The second-order valence-electron chi connectivity index (χ2n) is 6.17. The van der Waals surface area contributed by atoms with Gasteiger partial charge in [0, 0.05) is 24.3 Å². The molecule has 0 aliphatic heterocycles. The molecule has 0 bridgehead atoms. The molecule has 0 atom stereocenters. The van der Waals surface area contributed by atoms with Gasteiger partial charge >= 0.3 is 0 Å². The molecule has 3 rings (SSSR count). The zero-order chi connectivity index (χ0) is 20.5. The van der Waals surface area contributed by atoms with Crippen molar-refractivity contribution in [2.75, 3.05) is 30.3 Å². The summed E-state index contributed by atoms with van der Waals surface area (Å²) in [6, 6.07) is 14.3. The first-order chi connectivity index (χ1) is 14.1. The van der Waals surface area contributed by atoms with Crippen LogP contribution in [0.2, 0.25) is 5.02 Å². The van der Waals surface area contributed by atoms with Crippen molar-refractivity contribution >= 4 is 35.0 Å². The first kappa shape index (κ1) is 20.3. The van der Waals surface area contributed by atoms with Crippen LogP contribution < -0.4 is 20.7 Å². The Balaban J connectivity index is 1.34. The van der Waals surface area contributed by atoms with Crippen LogP contribution >= 0.6 is 11.6 Å². The normalized spacial score (nSPS) is 10.3. The Labute approximate surface area is 173 Å². The number of hydrogen-bond acceptors (Lipinski definition) is 7. The summed E-state index contributed by atoms with van der Waals surface area (Å²) in [6.45, 7) is 2.85. The third-order valence-electron chi connectivity index (χ3n) is 3.77. The fourth-order valence-corrected chi connectivity index (χ4v) is 2.42. The summed E-state index contributed by atoms with van der Waals surface area (Å²) < 4.78 is 5.38. The minimum absolute atomic E-state index is 0.0607. The largest absolute Gasteiger partial charge is 0.484 e. The number of amides is 1. The van der Waals surface area contributed by atoms with Crippen molar-refractivity contribution in [1.29, 1.82) is 0 Å². The average molecular weight is 413 g/mol. The smallest absolute Gasteiger partial charge is 0.258 e. The van der Waals surface area contributed by atoms with E-state index < -0.39 is 0 Å². The lowest BCUT2D eigenvalue weighted by molar-refractivity contribution is -0.123. The number of carbonyl (C=O) groups is 1. The summed E-state index contributed by atoms with van der Waals surface area (Å²) in [5.41, 5.74) is 1.09. The van der Waals surface area contributed by atoms with Crippen molar-refractivity contribution < 1.29 is 9.53 Å². The van der Waals surface area contributed by atoms with Crippen LogP contribution in [0.1, 0.15) is 5.56 Å². The summed E-state index contributed by atoms with van der Waals surface area (Å²) in [5.74, 6) is 2.29. The van der Waals surface area contributed by atoms with Gasteiger partial charge in [-0.1, -0.05) is 17.7 Å². The number of pyridine rings is 1. The fraction of sp³-hybridized carbons (Fsp3) is 0.200. The number of aromatic nitrogens is 3. The van der Waals surface area contributed by atoms with Crippen molar-refractivity contribution in [3.63, 3.8) is 0 Å². The number of carbonyl (C=O) groups excluding carboxylic acids is 1. The highest BCUT2D eigenvalue weighted by molar-refractivity contribution is 6.30. The first-order valence-corrected chi connectivity index (χ1v) is 9.38. The van der Waals surface area contributed by atoms with Gasteiger partial charge in [-0.3, -0.25) is 4.79 Å². The molecule has 8 nitrogen and oxygen atoms in total. The Morgan fingerprint density at radius 1 is 0.966 bits per heavy atom. The Hall–Kier alpha value is -3.39. The number of benzene rings is 1. The number of nitrogens with one attached hydrogen (secondary N) is 3. The molecule has 3 aromatic rings. The zero-order valence-electron chi connectivity index (χ0n) is 15.9. The number of rotatable bonds is 9. The lowest BCUT2D eigenvalue weighted by Gasteiger charge is -2.09. The van der Waals surface area contributed by atoms with E-state index in [-0.39, 0.29) is 12.5 Å². The van der Waals surface area contributed by atoms with Crippen molar-refractivity contribution in [1.82, 2.24) is 20.5 Å². The van der Waals surface area contributed by atoms with Gasteiger partial charge in [0.25, 0.3) is 5.91 Å². The van der Waals surface area contributed by atoms with Crippen LogP contribution in [0.5, 0.6) is 5.75 Å². The van der Waals surface area contributed by atoms with Crippen molar-refractivity contribution in [2.24, 2.45) is 0 Å². The molecule has 0 spiro atoms. The van der Waals surface area contributed by atoms with Crippen LogP contribution in [0.15, 0.2) is 54.7 Å². The maximum absolute atomic E-state index is 11.8. The number of nitrogens with zero attached hydrogens (tertiary/aromatic N) is 3. The minimum Gasteiger partial charge on any atom is -0.484 e. The Kier molecular flexibility index (Phi) is 7.18. The lowest BCUT2D eigenvalue weighted by atomic mass is 10.3. The zero-order valence-corrected chi connectivity index (χ0v) is 16.6. The molecular formula is C20H21ClN6O2. The van der Waals surface area contributed by atoms with E-state index in [9.17, 15) is 4.79 Å². The van der Waals surface area contributed by atoms with Gasteiger partial charge in [-0.2, -0.15) is 0 Å². The van der Waals surface area contributed by atoms with Crippen LogP contribution in [0.25, 0.3) is 0 Å². The molecule has 150 valence electrons. The quantitative estimate of drug-likeness (QED) is 0.464. The monoisotopic (exact) mass is 412 g/mol. The van der Waals surface area contributed by atoms with Gasteiger partial charge in [0.2, 0.25) is 0 Å². The molecule has 0 saturated heterocycles. The molecule has 0 aliphatic rings. The van der Waals surface area contributed by atoms with E-state index in [1.54, 1.807) is 42.6 Å². The van der Waals surface area contributed by atoms with E-state index in [1.165, 1.54) is 0 Å². The maximum Gasteiger partial charge on any atom is 0.258 e. The standard InChI is InChI=1S/C20H21ClN6O2/c1-14-2-7-17(24-12-14)25-19-9-8-18(26-27-19)22-10-11-23-20(28)13-29-16-5-3-15(21)4-6-16/h2-9,12H,10-11,13H2,1H3,(H,22,26)(H,23,28)(H,24,25,27). The highest BCUT2D eigenvalue weighted by Gasteiger charge is 2.03. The summed E-state index contributed by atoms with van der Waals surface area (Å²) in [7, 11) is 0. The van der Waals surface area contributed by atoms with Gasteiger partial charge in [0.15, 0.2) is 12.4 Å². The average Bonchev–Trinajstić information content (AvgIpc) is 2.73. The van der Waals surface area contributed by atoms with Crippen LogP contribution in [-0.2, 0) is 4.79 Å². The number of aryl methyl sites for hydroxylation is 1. The van der Waals surface area contributed by atoms with E-state index in [0.717, 1.165) is 5.56 Å². The topological polar surface area (TPSA) is 101 Å². The molecular weight excluding hydrogens is 392 g/mol. The van der Waals surface area contributed by atoms with Gasteiger partial charge in [-0.25, -0.2) is 4.98 Å². The third kappa shape index (κ3) is 6.93. The Morgan fingerprint density at radius 3 is 2.38 bits per heavy atom.